The number of aromatic nitrogens is 6. The molecule has 4 atom stereocenters. The summed E-state index contributed by atoms with van der Waals surface area (Å²) in [6.07, 6.45) is 7.54. The van der Waals surface area contributed by atoms with Crippen molar-refractivity contribution in [2.45, 2.75) is 99.8 Å². The lowest BCUT2D eigenvalue weighted by Crippen LogP contribution is -2.42. The monoisotopic (exact) mass is 1100 g/mol. The molecule has 19 nitrogen and oxygen atoms in total. The van der Waals surface area contributed by atoms with Crippen molar-refractivity contribution >= 4 is 72.3 Å². The number of amides is 2. The molecule has 3 N–H and O–H groups in total. The molecule has 2 aliphatic heterocycles. The number of halogens is 1. The van der Waals surface area contributed by atoms with Gasteiger partial charge < -0.3 is 14.7 Å². The van der Waals surface area contributed by atoms with Crippen molar-refractivity contribution in [2.75, 3.05) is 35.0 Å². The zero-order valence-electron chi connectivity index (χ0n) is 44.3. The van der Waals surface area contributed by atoms with E-state index in [1.807, 2.05) is 88.2 Å². The molecule has 0 spiro atoms. The number of sulfonamides is 2. The first kappa shape index (κ1) is 56.6. The average Bonchev–Trinajstić information content (AvgIpc) is 3.98. The molecule has 6 heterocycles. The largest absolute Gasteiger partial charge is 0.478 e. The fourth-order valence-corrected chi connectivity index (χ4v) is 10.9. The lowest BCUT2D eigenvalue weighted by atomic mass is 9.88. The molecule has 76 heavy (non-hydrogen) atoms. The number of aryl methyl sites for hydroxylation is 5. The highest BCUT2D eigenvalue weighted by molar-refractivity contribution is 7.92. The Morgan fingerprint density at radius 1 is 0.697 bits per heavy atom. The van der Waals surface area contributed by atoms with Crippen LogP contribution in [0.2, 0.25) is 5.15 Å². The van der Waals surface area contributed by atoms with E-state index in [-0.39, 0.29) is 53.8 Å². The molecule has 2 amide bonds. The van der Waals surface area contributed by atoms with Gasteiger partial charge in [-0.2, -0.15) is 10.2 Å². The Morgan fingerprint density at radius 3 is 1.82 bits per heavy atom. The third kappa shape index (κ3) is 13.6. The maximum Gasteiger partial charge on any atom is 0.410 e. The van der Waals surface area contributed by atoms with Crippen LogP contribution in [0.25, 0.3) is 11.3 Å². The molecule has 22 heteroatoms. The van der Waals surface area contributed by atoms with Gasteiger partial charge in [0.05, 0.1) is 58.5 Å². The first-order valence-electron chi connectivity index (χ1n) is 24.8. The van der Waals surface area contributed by atoms with Gasteiger partial charge in [0.15, 0.2) is 11.3 Å². The first-order chi connectivity index (χ1) is 35.8. The van der Waals surface area contributed by atoms with E-state index in [1.165, 1.54) is 12.1 Å². The standard InChI is InChI=1S/C23H29N5O3S.C22H25ClN4O2.C9H11NO4S/c1-14-8-9-19(26-32(5,30)31)18(11-14)23(29)27-10-6-7-15(2)22(27)20-12-21-24-17(4)16(3)13-28(21)25-20;1-14-8-7-11-26(22(28)29-13-17-9-5-4-6-10-17)20(14)18-12-19-24-16(3)15(2)21(23)27(19)25-18;1-6-3-4-8(10-15(2,13)14)7(5-6)9(11)12/h8-9,11-13,15,22,26H,6-7,10H2,1-5H3;4-6,9-10,12,14,20H,7-8,11,13H2,1-3H3;3-5,10H,1-2H3,(H,11,12). The van der Waals surface area contributed by atoms with Gasteiger partial charge in [0.2, 0.25) is 20.0 Å². The maximum atomic E-state index is 13.8. The normalized spacial score (nSPS) is 17.8. The molecule has 0 bridgehead atoms. The van der Waals surface area contributed by atoms with Crippen LogP contribution in [0.4, 0.5) is 16.2 Å². The second kappa shape index (κ2) is 23.4. The summed E-state index contributed by atoms with van der Waals surface area (Å²) in [7, 11) is -6.98. The number of carbonyl (C=O) groups excluding carboxylic acids is 2. The minimum Gasteiger partial charge on any atom is -0.478 e. The number of nitrogens with one attached hydrogen (secondary N) is 2. The van der Waals surface area contributed by atoms with Crippen LogP contribution in [0.3, 0.4) is 0 Å². The first-order valence-corrected chi connectivity index (χ1v) is 29.0. The van der Waals surface area contributed by atoms with Crippen LogP contribution in [0.5, 0.6) is 0 Å². The van der Waals surface area contributed by atoms with E-state index in [9.17, 15) is 31.2 Å². The van der Waals surface area contributed by atoms with Gasteiger partial charge in [0, 0.05) is 48.4 Å². The molecule has 9 rings (SSSR count). The highest BCUT2D eigenvalue weighted by Crippen LogP contribution is 2.39. The number of rotatable bonds is 10. The van der Waals surface area contributed by atoms with E-state index < -0.39 is 26.0 Å². The van der Waals surface area contributed by atoms with Crippen LogP contribution in [0, 0.1) is 53.4 Å². The second-order valence-electron chi connectivity index (χ2n) is 19.8. The average molecular weight is 1100 g/mol. The van der Waals surface area contributed by atoms with Crippen molar-refractivity contribution in [1.82, 2.24) is 39.0 Å². The van der Waals surface area contributed by atoms with E-state index in [0.717, 1.165) is 94.4 Å². The predicted molar refractivity (Wildman–Crippen MR) is 293 cm³/mol. The fraction of sp³-hybridized carbons (Fsp3) is 0.389. The molecule has 404 valence electrons. The van der Waals surface area contributed by atoms with Crippen molar-refractivity contribution in [2.24, 2.45) is 11.8 Å². The van der Waals surface area contributed by atoms with Crippen LogP contribution in [0.15, 0.2) is 85.1 Å². The summed E-state index contributed by atoms with van der Waals surface area (Å²) in [6, 6.07) is 22.9. The third-order valence-electron chi connectivity index (χ3n) is 13.5. The highest BCUT2D eigenvalue weighted by Gasteiger charge is 2.38. The van der Waals surface area contributed by atoms with Gasteiger partial charge in [0.1, 0.15) is 11.8 Å². The zero-order chi connectivity index (χ0) is 55.4. The van der Waals surface area contributed by atoms with Gasteiger partial charge in [-0.05, 0) is 114 Å². The Kier molecular flexibility index (Phi) is 17.5. The lowest BCUT2D eigenvalue weighted by Gasteiger charge is -2.39. The summed E-state index contributed by atoms with van der Waals surface area (Å²) in [5.41, 5.74) is 10.1. The van der Waals surface area contributed by atoms with Crippen LogP contribution < -0.4 is 9.44 Å². The van der Waals surface area contributed by atoms with Gasteiger partial charge in [-0.3, -0.25) is 19.1 Å². The Morgan fingerprint density at radius 2 is 1.22 bits per heavy atom. The fourth-order valence-electron chi connectivity index (χ4n) is 9.50. The summed E-state index contributed by atoms with van der Waals surface area (Å²) in [5, 5.41) is 18.9. The van der Waals surface area contributed by atoms with Crippen molar-refractivity contribution < 1.29 is 41.1 Å². The number of anilines is 2. The van der Waals surface area contributed by atoms with Gasteiger partial charge in [-0.15, -0.1) is 0 Å². The zero-order valence-corrected chi connectivity index (χ0v) is 46.7. The van der Waals surface area contributed by atoms with Crippen molar-refractivity contribution in [3.8, 4) is 0 Å². The Bertz CT molecular complexity index is 3500. The quantitative estimate of drug-likeness (QED) is 0.108. The summed E-state index contributed by atoms with van der Waals surface area (Å²) in [5.74, 6) is -0.895. The molecular formula is C54H65ClN10O9S2. The molecule has 4 unspecified atom stereocenters. The summed E-state index contributed by atoms with van der Waals surface area (Å²) >= 11 is 6.49. The number of fused-ring (bicyclic) bond motifs is 2. The van der Waals surface area contributed by atoms with E-state index in [0.29, 0.717) is 35.1 Å². The topological polar surface area (TPSA) is 240 Å². The number of hydrogen-bond donors (Lipinski definition) is 3. The number of carbonyl (C=O) groups is 3. The van der Waals surface area contributed by atoms with Crippen molar-refractivity contribution in [1.29, 1.82) is 0 Å². The second-order valence-corrected chi connectivity index (χ2v) is 23.7. The molecule has 7 aromatic rings. The lowest BCUT2D eigenvalue weighted by molar-refractivity contribution is 0.0498. The van der Waals surface area contributed by atoms with E-state index in [1.54, 1.807) is 45.1 Å². The highest BCUT2D eigenvalue weighted by atomic mass is 35.5. The van der Waals surface area contributed by atoms with Crippen LogP contribution in [-0.4, -0.2) is 105 Å². The van der Waals surface area contributed by atoms with Gasteiger partial charge in [-0.25, -0.2) is 45.4 Å². The van der Waals surface area contributed by atoms with Crippen molar-refractivity contribution in [3.05, 3.63) is 152 Å². The summed E-state index contributed by atoms with van der Waals surface area (Å²) < 4.78 is 59.3. The number of benzene rings is 3. The molecule has 0 aliphatic carbocycles. The summed E-state index contributed by atoms with van der Waals surface area (Å²) in [6.45, 7) is 17.2. The van der Waals surface area contributed by atoms with Crippen LogP contribution in [-0.2, 0) is 31.4 Å². The number of piperidine rings is 2. The van der Waals surface area contributed by atoms with Gasteiger partial charge in [-0.1, -0.05) is 79.0 Å². The molecule has 0 radical (unpaired) electrons. The predicted octanol–water partition coefficient (Wildman–Crippen LogP) is 9.81. The third-order valence-corrected chi connectivity index (χ3v) is 15.1. The van der Waals surface area contributed by atoms with Gasteiger partial charge in [0.25, 0.3) is 5.91 Å². The number of carboxylic acids is 1. The molecule has 0 saturated carbocycles. The number of likely N-dealkylation sites (tertiary alicyclic amines) is 2. The summed E-state index contributed by atoms with van der Waals surface area (Å²) in [4.78, 5) is 50.4. The Balaban J connectivity index is 0.000000177. The Labute approximate surface area is 448 Å². The molecular weight excluding hydrogens is 1030 g/mol. The van der Waals surface area contributed by atoms with Crippen molar-refractivity contribution in [3.63, 3.8) is 0 Å². The van der Waals surface area contributed by atoms with E-state index in [2.05, 4.69) is 33.3 Å². The smallest absolute Gasteiger partial charge is 0.410 e. The number of hydrogen-bond acceptors (Lipinski definition) is 12. The number of nitrogens with zero attached hydrogens (tertiary/aromatic N) is 8. The number of carboxylic acid groups (broad SMARTS) is 1. The molecule has 2 aliphatic rings. The Hall–Kier alpha value is -7.10. The molecule has 2 saturated heterocycles. The van der Waals surface area contributed by atoms with Crippen LogP contribution >= 0.6 is 11.6 Å². The minimum absolute atomic E-state index is 0.0552. The maximum absolute atomic E-state index is 13.8. The molecule has 4 aromatic heterocycles. The molecule has 3 aromatic carbocycles. The number of aromatic carboxylic acids is 1. The van der Waals surface area contributed by atoms with E-state index >= 15 is 0 Å². The van der Waals surface area contributed by atoms with Gasteiger partial charge >= 0.3 is 12.1 Å². The number of ether oxygens (including phenoxy) is 1. The van der Waals surface area contributed by atoms with E-state index in [4.69, 9.17) is 31.6 Å². The minimum atomic E-state index is -3.52. The van der Waals surface area contributed by atoms with Crippen LogP contribution in [0.1, 0.15) is 123 Å². The molecule has 2 fully saturated rings. The SMILES string of the molecule is Cc1ccc(NS(C)(=O)=O)c(C(=O)N2CCCC(C)C2c2cc3nc(C)c(C)cn3n2)c1.Cc1ccc(NS(C)(=O)=O)c(C(=O)O)c1.Cc1nc2cc(C3C(C)CCCN3C(=O)OCc3ccccc3)nn2c(Cl)c1C.